The molecule has 21 heavy (non-hydrogen) atoms. The van der Waals surface area contributed by atoms with Gasteiger partial charge in [0.2, 0.25) is 5.91 Å². The van der Waals surface area contributed by atoms with E-state index < -0.39 is 0 Å². The van der Waals surface area contributed by atoms with E-state index in [-0.39, 0.29) is 5.91 Å². The zero-order chi connectivity index (χ0) is 15.2. The number of hydrogen-bond donors (Lipinski definition) is 3. The second-order valence-electron chi connectivity index (χ2n) is 5.38. The van der Waals surface area contributed by atoms with Gasteiger partial charge in [-0.15, -0.1) is 0 Å². The van der Waals surface area contributed by atoms with E-state index >= 15 is 0 Å². The van der Waals surface area contributed by atoms with Gasteiger partial charge in [-0.3, -0.25) is 15.6 Å². The number of hydrazine groups is 1. The first-order valence-electron chi connectivity index (χ1n) is 7.15. The second kappa shape index (κ2) is 7.68. The molecule has 1 aliphatic heterocycles. The van der Waals surface area contributed by atoms with Crippen LogP contribution < -0.4 is 16.3 Å². The second-order valence-corrected chi connectivity index (χ2v) is 6.24. The molecule has 114 valence electrons. The molecule has 2 unspecified atom stereocenters. The molecule has 1 aromatic carbocycles. The quantitative estimate of drug-likeness (QED) is 0.562. The summed E-state index contributed by atoms with van der Waals surface area (Å²) in [6.07, 6.45) is 2.97. The van der Waals surface area contributed by atoms with E-state index in [2.05, 4.69) is 51.2 Å². The predicted octanol–water partition coefficient (Wildman–Crippen LogP) is 2.18. The number of hydrazone groups is 1. The predicted molar refractivity (Wildman–Crippen MR) is 87.8 cm³/mol. The molecule has 1 saturated heterocycles. The number of rotatable bonds is 5. The first-order chi connectivity index (χ1) is 10.1. The Morgan fingerprint density at radius 1 is 1.33 bits per heavy atom. The standard InChI is InChI=1S/C15H21BrN4O/c1-10-13(11(2)19-18-10)7-8-15(21)20-17-9-12-5-3-4-6-14(12)16/h3-6,9-11,13,18-19H,7-8H2,1-2H3,(H,20,21)/b17-9+. The van der Waals surface area contributed by atoms with Crippen LogP contribution in [0.15, 0.2) is 33.8 Å². The van der Waals surface area contributed by atoms with Crippen molar-refractivity contribution in [1.82, 2.24) is 16.3 Å². The summed E-state index contributed by atoms with van der Waals surface area (Å²) < 4.78 is 0.953. The van der Waals surface area contributed by atoms with Crippen LogP contribution in [-0.4, -0.2) is 24.2 Å². The van der Waals surface area contributed by atoms with Gasteiger partial charge in [-0.25, -0.2) is 5.43 Å². The third kappa shape index (κ3) is 4.62. The maximum Gasteiger partial charge on any atom is 0.240 e. The van der Waals surface area contributed by atoms with Crippen LogP contribution in [0.1, 0.15) is 32.3 Å². The summed E-state index contributed by atoms with van der Waals surface area (Å²) in [6, 6.07) is 8.50. The highest BCUT2D eigenvalue weighted by Crippen LogP contribution is 2.19. The maximum absolute atomic E-state index is 11.8. The smallest absolute Gasteiger partial charge is 0.240 e. The number of halogens is 1. The molecule has 0 aliphatic carbocycles. The summed E-state index contributed by atoms with van der Waals surface area (Å²) in [6.45, 7) is 4.26. The molecule has 1 aliphatic rings. The van der Waals surface area contributed by atoms with Crippen molar-refractivity contribution in [2.75, 3.05) is 0 Å². The summed E-state index contributed by atoms with van der Waals surface area (Å²) in [5.41, 5.74) is 9.91. The van der Waals surface area contributed by atoms with Gasteiger partial charge in [-0.2, -0.15) is 5.10 Å². The minimum Gasteiger partial charge on any atom is -0.273 e. The van der Waals surface area contributed by atoms with E-state index in [9.17, 15) is 4.79 Å². The fourth-order valence-electron chi connectivity index (χ4n) is 2.52. The van der Waals surface area contributed by atoms with Gasteiger partial charge < -0.3 is 0 Å². The Balaban J connectivity index is 1.76. The number of hydrogen-bond acceptors (Lipinski definition) is 4. The van der Waals surface area contributed by atoms with E-state index in [1.807, 2.05) is 24.3 Å². The Hall–Kier alpha value is -1.24. The lowest BCUT2D eigenvalue weighted by atomic mass is 9.91. The summed E-state index contributed by atoms with van der Waals surface area (Å²) in [4.78, 5) is 11.8. The molecular weight excluding hydrogens is 332 g/mol. The lowest BCUT2D eigenvalue weighted by molar-refractivity contribution is -0.121. The Bertz CT molecular complexity index is 510. The van der Waals surface area contributed by atoms with Crippen LogP contribution in [0.4, 0.5) is 0 Å². The summed E-state index contributed by atoms with van der Waals surface area (Å²) in [5.74, 6) is 0.410. The molecule has 6 heteroatoms. The zero-order valence-corrected chi connectivity index (χ0v) is 13.9. The monoisotopic (exact) mass is 352 g/mol. The van der Waals surface area contributed by atoms with Crippen molar-refractivity contribution in [3.63, 3.8) is 0 Å². The fourth-order valence-corrected chi connectivity index (χ4v) is 2.90. The third-order valence-corrected chi connectivity index (χ3v) is 4.55. The first-order valence-corrected chi connectivity index (χ1v) is 7.94. The topological polar surface area (TPSA) is 65.5 Å². The number of nitrogens with zero attached hydrogens (tertiary/aromatic N) is 1. The Labute approximate surface area is 133 Å². The Kier molecular flexibility index (Phi) is 5.90. The van der Waals surface area contributed by atoms with Gasteiger partial charge >= 0.3 is 0 Å². The summed E-state index contributed by atoms with van der Waals surface area (Å²) >= 11 is 3.43. The molecule has 1 aromatic rings. The number of carbonyl (C=O) groups is 1. The number of amides is 1. The normalized spacial score (nSPS) is 25.4. The van der Waals surface area contributed by atoms with Gasteiger partial charge in [0.1, 0.15) is 0 Å². The van der Waals surface area contributed by atoms with Gasteiger partial charge in [0.05, 0.1) is 6.21 Å². The zero-order valence-electron chi connectivity index (χ0n) is 12.3. The van der Waals surface area contributed by atoms with E-state index in [4.69, 9.17) is 0 Å². The Morgan fingerprint density at radius 3 is 2.67 bits per heavy atom. The molecule has 5 nitrogen and oxygen atoms in total. The van der Waals surface area contributed by atoms with Gasteiger partial charge in [0.15, 0.2) is 0 Å². The number of carbonyl (C=O) groups excluding carboxylic acids is 1. The summed E-state index contributed by atoms with van der Waals surface area (Å²) in [5, 5.41) is 4.00. The third-order valence-electron chi connectivity index (χ3n) is 3.83. The Morgan fingerprint density at radius 2 is 2.00 bits per heavy atom. The van der Waals surface area contributed by atoms with E-state index in [0.717, 1.165) is 16.5 Å². The molecule has 0 bridgehead atoms. The molecule has 1 amide bonds. The van der Waals surface area contributed by atoms with Crippen LogP contribution >= 0.6 is 15.9 Å². The summed E-state index contributed by atoms with van der Waals surface area (Å²) in [7, 11) is 0. The number of nitrogens with one attached hydrogen (secondary N) is 3. The van der Waals surface area contributed by atoms with Crippen LogP contribution in [0, 0.1) is 5.92 Å². The molecule has 0 spiro atoms. The molecule has 3 N–H and O–H groups in total. The number of benzene rings is 1. The van der Waals surface area contributed by atoms with E-state index in [1.54, 1.807) is 6.21 Å². The van der Waals surface area contributed by atoms with Crippen molar-refractivity contribution in [3.8, 4) is 0 Å². The van der Waals surface area contributed by atoms with Crippen LogP contribution in [0.2, 0.25) is 0 Å². The highest BCUT2D eigenvalue weighted by molar-refractivity contribution is 9.10. The average Bonchev–Trinajstić information content (AvgIpc) is 2.78. The minimum atomic E-state index is -0.0513. The van der Waals surface area contributed by atoms with Gasteiger partial charge in [0.25, 0.3) is 0 Å². The maximum atomic E-state index is 11.8. The van der Waals surface area contributed by atoms with E-state index in [0.29, 0.717) is 24.4 Å². The lowest BCUT2D eigenvalue weighted by Crippen LogP contribution is -2.30. The van der Waals surface area contributed by atoms with Crippen molar-refractivity contribution in [1.29, 1.82) is 0 Å². The van der Waals surface area contributed by atoms with Gasteiger partial charge in [0, 0.05) is 28.5 Å². The highest BCUT2D eigenvalue weighted by atomic mass is 79.9. The minimum absolute atomic E-state index is 0.0513. The SMILES string of the molecule is CC1NNC(C)C1CCC(=O)N/N=C/c1ccccc1Br. The molecule has 2 atom stereocenters. The van der Waals surface area contributed by atoms with Crippen molar-refractivity contribution < 1.29 is 4.79 Å². The van der Waals surface area contributed by atoms with Crippen molar-refractivity contribution in [2.45, 2.75) is 38.8 Å². The molecule has 1 heterocycles. The van der Waals surface area contributed by atoms with Crippen molar-refractivity contribution >= 4 is 28.1 Å². The van der Waals surface area contributed by atoms with Gasteiger partial charge in [-0.05, 0) is 32.3 Å². The molecule has 0 saturated carbocycles. The van der Waals surface area contributed by atoms with Crippen LogP contribution in [0.5, 0.6) is 0 Å². The van der Waals surface area contributed by atoms with Crippen molar-refractivity contribution in [2.24, 2.45) is 11.0 Å². The largest absolute Gasteiger partial charge is 0.273 e. The molecular formula is C15H21BrN4O. The molecule has 1 fully saturated rings. The molecule has 0 aromatic heterocycles. The van der Waals surface area contributed by atoms with Crippen LogP contribution in [0.25, 0.3) is 0 Å². The highest BCUT2D eigenvalue weighted by Gasteiger charge is 2.29. The van der Waals surface area contributed by atoms with E-state index in [1.165, 1.54) is 0 Å². The van der Waals surface area contributed by atoms with Crippen LogP contribution in [0.3, 0.4) is 0 Å². The van der Waals surface area contributed by atoms with Crippen LogP contribution in [-0.2, 0) is 4.79 Å². The molecule has 0 radical (unpaired) electrons. The molecule has 2 rings (SSSR count). The van der Waals surface area contributed by atoms with Gasteiger partial charge in [-0.1, -0.05) is 34.1 Å². The first kappa shape index (κ1) is 16.1. The fraction of sp³-hybridized carbons (Fsp3) is 0.467. The average molecular weight is 353 g/mol. The lowest BCUT2D eigenvalue weighted by Gasteiger charge is -2.16. The van der Waals surface area contributed by atoms with Crippen molar-refractivity contribution in [3.05, 3.63) is 34.3 Å².